The van der Waals surface area contributed by atoms with Gasteiger partial charge in [0.2, 0.25) is 0 Å². The Kier molecular flexibility index (Phi) is 3.28. The maximum absolute atomic E-state index is 12.6. The van der Waals surface area contributed by atoms with E-state index in [2.05, 4.69) is 9.97 Å². The molecule has 0 fully saturated rings. The van der Waals surface area contributed by atoms with Gasteiger partial charge in [-0.1, -0.05) is 0 Å². The van der Waals surface area contributed by atoms with Crippen LogP contribution in [0.1, 0.15) is 26.1 Å². The number of carbonyl (C=O) groups is 1. The molecule has 3 nitrogen and oxygen atoms in total. The highest BCUT2D eigenvalue weighted by molar-refractivity contribution is 7.11. The maximum Gasteiger partial charge on any atom is 0.187 e. The number of aromatic nitrogens is 2. The number of rotatable bonds is 3. The number of hydrogen-bond acceptors (Lipinski definition) is 4. The molecule has 0 saturated heterocycles. The van der Waals surface area contributed by atoms with E-state index >= 15 is 0 Å². The lowest BCUT2D eigenvalue weighted by molar-refractivity contribution is 0.0988. The van der Waals surface area contributed by atoms with Crippen molar-refractivity contribution in [3.05, 3.63) is 45.4 Å². The molecule has 0 aliphatic carbocycles. The number of halogens is 1. The summed E-state index contributed by atoms with van der Waals surface area (Å²) >= 11 is 1.51. The van der Waals surface area contributed by atoms with Crippen molar-refractivity contribution in [1.82, 2.24) is 9.97 Å². The largest absolute Gasteiger partial charge is 0.292 e. The van der Waals surface area contributed by atoms with Crippen LogP contribution in [0.25, 0.3) is 0 Å². The molecule has 0 N–H and O–H groups in total. The molecule has 88 valence electrons. The van der Waals surface area contributed by atoms with E-state index in [1.165, 1.54) is 23.5 Å². The fourth-order valence-corrected chi connectivity index (χ4v) is 2.32. The van der Waals surface area contributed by atoms with Gasteiger partial charge in [0.15, 0.2) is 5.78 Å². The van der Waals surface area contributed by atoms with E-state index in [9.17, 15) is 9.18 Å². The molecule has 0 radical (unpaired) electrons. The number of hydrogen-bond donors (Lipinski definition) is 0. The molecule has 2 rings (SSSR count). The summed E-state index contributed by atoms with van der Waals surface area (Å²) in [4.78, 5) is 21.0. The van der Waals surface area contributed by atoms with Gasteiger partial charge in [0, 0.05) is 4.88 Å². The van der Waals surface area contributed by atoms with Gasteiger partial charge in [0.1, 0.15) is 16.5 Å². The molecule has 0 bridgehead atoms. The molecule has 17 heavy (non-hydrogen) atoms. The Labute approximate surface area is 102 Å². The summed E-state index contributed by atoms with van der Waals surface area (Å²) < 4.78 is 12.6. The van der Waals surface area contributed by atoms with Gasteiger partial charge >= 0.3 is 0 Å². The average Bonchev–Trinajstić information content (AvgIpc) is 2.58. The highest BCUT2D eigenvalue weighted by Crippen LogP contribution is 2.17. The minimum Gasteiger partial charge on any atom is -0.292 e. The Morgan fingerprint density at radius 2 is 2.18 bits per heavy atom. The summed E-state index contributed by atoms with van der Waals surface area (Å²) in [5, 5.41) is 0.774. The predicted octanol–water partition coefficient (Wildman–Crippen LogP) is 2.72. The Morgan fingerprint density at radius 3 is 2.71 bits per heavy atom. The third kappa shape index (κ3) is 2.74. The summed E-state index contributed by atoms with van der Waals surface area (Å²) in [6.45, 7) is 3.88. The first-order valence-corrected chi connectivity index (χ1v) is 5.95. The number of carbonyl (C=O) groups excluding carboxylic acids is 1. The molecule has 5 heteroatoms. The summed E-state index contributed by atoms with van der Waals surface area (Å²) in [7, 11) is 0. The fourth-order valence-electron chi connectivity index (χ4n) is 1.38. The first-order valence-electron chi connectivity index (χ1n) is 5.14. The SMILES string of the molecule is Cc1nc(CC(=O)c2ccc(F)cn2)sc1C. The minimum absolute atomic E-state index is 0.140. The van der Waals surface area contributed by atoms with Crippen LogP contribution in [0.4, 0.5) is 4.39 Å². The Bertz CT molecular complexity index is 529. The topological polar surface area (TPSA) is 42.9 Å². The summed E-state index contributed by atoms with van der Waals surface area (Å²) in [5.41, 5.74) is 1.22. The van der Waals surface area contributed by atoms with Crippen molar-refractivity contribution in [3.63, 3.8) is 0 Å². The first kappa shape index (κ1) is 11.9. The van der Waals surface area contributed by atoms with Crippen LogP contribution >= 0.6 is 11.3 Å². The first-order chi connectivity index (χ1) is 8.06. The van der Waals surface area contributed by atoms with E-state index in [4.69, 9.17) is 0 Å². The second-order valence-corrected chi connectivity index (χ2v) is 5.00. The molecule has 2 aromatic rings. The van der Waals surface area contributed by atoms with Crippen LogP contribution < -0.4 is 0 Å². The van der Waals surface area contributed by atoms with Crippen LogP contribution in [0.15, 0.2) is 18.3 Å². The smallest absolute Gasteiger partial charge is 0.187 e. The van der Waals surface area contributed by atoms with Crippen LogP contribution in [-0.4, -0.2) is 15.8 Å². The third-order valence-corrected chi connectivity index (χ3v) is 3.47. The molecule has 0 unspecified atom stereocenters. The van der Waals surface area contributed by atoms with Crippen LogP contribution in [0, 0.1) is 19.7 Å². The fraction of sp³-hybridized carbons (Fsp3) is 0.250. The highest BCUT2D eigenvalue weighted by atomic mass is 32.1. The van der Waals surface area contributed by atoms with Gasteiger partial charge in [-0.25, -0.2) is 9.37 Å². The van der Waals surface area contributed by atoms with Gasteiger partial charge < -0.3 is 0 Å². The molecule has 2 aromatic heterocycles. The van der Waals surface area contributed by atoms with Gasteiger partial charge in [0.25, 0.3) is 0 Å². The maximum atomic E-state index is 12.6. The van der Waals surface area contributed by atoms with Crippen LogP contribution in [0.5, 0.6) is 0 Å². The molecule has 0 aliphatic heterocycles. The van der Waals surface area contributed by atoms with Crippen molar-refractivity contribution in [2.24, 2.45) is 0 Å². The Morgan fingerprint density at radius 1 is 1.41 bits per heavy atom. The molecule has 2 heterocycles. The minimum atomic E-state index is -0.442. The lowest BCUT2D eigenvalue weighted by Gasteiger charge is -1.97. The zero-order chi connectivity index (χ0) is 12.4. The monoisotopic (exact) mass is 250 g/mol. The number of nitrogens with zero attached hydrogens (tertiary/aromatic N) is 2. The van der Waals surface area contributed by atoms with E-state index < -0.39 is 5.82 Å². The zero-order valence-corrected chi connectivity index (χ0v) is 10.3. The Hall–Kier alpha value is -1.62. The molecule has 0 spiro atoms. The zero-order valence-electron chi connectivity index (χ0n) is 9.53. The van der Waals surface area contributed by atoms with Crippen molar-refractivity contribution < 1.29 is 9.18 Å². The lowest BCUT2D eigenvalue weighted by Crippen LogP contribution is -2.05. The number of ketones is 1. The molecule has 0 atom stereocenters. The molecule has 0 amide bonds. The normalized spacial score (nSPS) is 10.5. The van der Waals surface area contributed by atoms with Gasteiger partial charge in [-0.2, -0.15) is 0 Å². The van der Waals surface area contributed by atoms with E-state index in [1.54, 1.807) is 0 Å². The quantitative estimate of drug-likeness (QED) is 0.787. The van der Waals surface area contributed by atoms with Crippen molar-refractivity contribution in [2.45, 2.75) is 20.3 Å². The summed E-state index contributed by atoms with van der Waals surface area (Å²) in [5.74, 6) is -0.582. The highest BCUT2D eigenvalue weighted by Gasteiger charge is 2.12. The summed E-state index contributed by atoms with van der Waals surface area (Å²) in [6.07, 6.45) is 1.27. The molecule has 0 aliphatic rings. The van der Waals surface area contributed by atoms with Crippen molar-refractivity contribution in [2.75, 3.05) is 0 Å². The van der Waals surface area contributed by atoms with Gasteiger partial charge in [-0.3, -0.25) is 9.78 Å². The average molecular weight is 250 g/mol. The van der Waals surface area contributed by atoms with Gasteiger partial charge in [-0.05, 0) is 26.0 Å². The Balaban J connectivity index is 2.14. The van der Waals surface area contributed by atoms with Crippen LogP contribution in [0.2, 0.25) is 0 Å². The number of thiazole rings is 1. The second kappa shape index (κ2) is 4.71. The van der Waals surface area contributed by atoms with Crippen LogP contribution in [-0.2, 0) is 6.42 Å². The predicted molar refractivity (Wildman–Crippen MR) is 63.8 cm³/mol. The standard InChI is InChI=1S/C12H11FN2OS/c1-7-8(2)17-12(15-7)5-11(16)10-4-3-9(13)6-14-10/h3-4,6H,5H2,1-2H3. The van der Waals surface area contributed by atoms with E-state index in [-0.39, 0.29) is 17.9 Å². The van der Waals surface area contributed by atoms with Crippen molar-refractivity contribution in [3.8, 4) is 0 Å². The van der Waals surface area contributed by atoms with E-state index in [0.717, 1.165) is 21.8 Å². The van der Waals surface area contributed by atoms with E-state index in [1.807, 2.05) is 13.8 Å². The van der Waals surface area contributed by atoms with Crippen molar-refractivity contribution >= 4 is 17.1 Å². The summed E-state index contributed by atoms with van der Waals surface area (Å²) in [6, 6.07) is 2.63. The van der Waals surface area contributed by atoms with Crippen LogP contribution in [0.3, 0.4) is 0 Å². The van der Waals surface area contributed by atoms with E-state index in [0.29, 0.717) is 0 Å². The molecule has 0 saturated carbocycles. The van der Waals surface area contributed by atoms with Gasteiger partial charge in [-0.15, -0.1) is 11.3 Å². The van der Waals surface area contributed by atoms with Crippen molar-refractivity contribution in [1.29, 1.82) is 0 Å². The number of Topliss-reactive ketones (excluding diaryl/α,β-unsaturated/α-hetero) is 1. The number of pyridine rings is 1. The second-order valence-electron chi connectivity index (χ2n) is 3.71. The number of aryl methyl sites for hydroxylation is 2. The molecule has 0 aromatic carbocycles. The molecular weight excluding hydrogens is 239 g/mol. The van der Waals surface area contributed by atoms with Gasteiger partial charge in [0.05, 0.1) is 18.3 Å². The lowest BCUT2D eigenvalue weighted by atomic mass is 10.2. The third-order valence-electron chi connectivity index (χ3n) is 2.40. The molecular formula is C12H11FN2OS.